The van der Waals surface area contributed by atoms with E-state index >= 15 is 0 Å². The van der Waals surface area contributed by atoms with E-state index in [1.54, 1.807) is 31.3 Å². The van der Waals surface area contributed by atoms with Crippen LogP contribution in [-0.4, -0.2) is 36.2 Å². The van der Waals surface area contributed by atoms with Crippen molar-refractivity contribution in [2.24, 2.45) is 4.99 Å². The molecule has 5 nitrogen and oxygen atoms in total. The van der Waals surface area contributed by atoms with Crippen molar-refractivity contribution in [2.45, 2.75) is 19.3 Å². The lowest BCUT2D eigenvalue weighted by atomic mass is 10.1. The number of aromatic hydroxyl groups is 1. The van der Waals surface area contributed by atoms with Crippen LogP contribution >= 0.6 is 24.0 Å². The second-order valence-corrected chi connectivity index (χ2v) is 6.45. The molecule has 0 atom stereocenters. The number of nitrogens with one attached hydrogen (secondary N) is 3. The van der Waals surface area contributed by atoms with E-state index in [2.05, 4.69) is 20.6 Å². The minimum Gasteiger partial charge on any atom is -0.508 e. The third-order valence-electron chi connectivity index (χ3n) is 4.51. The summed E-state index contributed by atoms with van der Waals surface area (Å²) < 4.78 is 13.4. The van der Waals surface area contributed by atoms with E-state index in [-0.39, 0.29) is 29.8 Å². The maximum atomic E-state index is 13.4. The van der Waals surface area contributed by atoms with E-state index in [9.17, 15) is 9.50 Å². The maximum absolute atomic E-state index is 13.4. The molecule has 0 aliphatic carbocycles. The quantitative estimate of drug-likeness (QED) is 0.173. The summed E-state index contributed by atoms with van der Waals surface area (Å²) in [5.74, 6) is 0.827. The number of phenols is 1. The van der Waals surface area contributed by atoms with E-state index in [1.807, 2.05) is 18.3 Å². The summed E-state index contributed by atoms with van der Waals surface area (Å²) in [6.07, 6.45) is 4.61. The molecule has 7 heteroatoms. The Morgan fingerprint density at radius 2 is 1.82 bits per heavy atom. The number of fused-ring (bicyclic) bond motifs is 1. The molecule has 0 saturated heterocycles. The number of hydrogen-bond acceptors (Lipinski definition) is 2. The van der Waals surface area contributed by atoms with Gasteiger partial charge in [-0.3, -0.25) is 4.99 Å². The van der Waals surface area contributed by atoms with Gasteiger partial charge < -0.3 is 20.7 Å². The van der Waals surface area contributed by atoms with Crippen LogP contribution in [0.15, 0.2) is 53.7 Å². The van der Waals surface area contributed by atoms with Gasteiger partial charge in [-0.25, -0.2) is 4.39 Å². The standard InChI is InChI=1S/C21H25FN4O.HI/c1-23-21(24-11-2-3-15-4-7-18(27)8-5-15)25-12-10-16-14-26-20-9-6-17(22)13-19(16)20;/h4-9,13-14,26-27H,2-3,10-12H2,1H3,(H2,23,24,25);1H. The number of rotatable bonds is 7. The first-order valence-electron chi connectivity index (χ1n) is 9.13. The van der Waals surface area contributed by atoms with Gasteiger partial charge in [0.1, 0.15) is 11.6 Å². The van der Waals surface area contributed by atoms with E-state index in [0.717, 1.165) is 48.2 Å². The first-order valence-corrected chi connectivity index (χ1v) is 9.13. The first kappa shape index (κ1) is 22.0. The van der Waals surface area contributed by atoms with E-state index < -0.39 is 0 Å². The number of aryl methyl sites for hydroxylation is 1. The van der Waals surface area contributed by atoms with Crippen molar-refractivity contribution in [1.82, 2.24) is 15.6 Å². The van der Waals surface area contributed by atoms with Crippen LogP contribution in [0.5, 0.6) is 5.75 Å². The van der Waals surface area contributed by atoms with Crippen molar-refractivity contribution in [1.29, 1.82) is 0 Å². The SMILES string of the molecule is CN=C(NCCCc1ccc(O)cc1)NCCc1c[nH]c2ccc(F)cc12.I. The van der Waals surface area contributed by atoms with Crippen LogP contribution in [0.1, 0.15) is 17.5 Å². The lowest BCUT2D eigenvalue weighted by molar-refractivity contribution is 0.475. The van der Waals surface area contributed by atoms with Gasteiger partial charge in [0.2, 0.25) is 0 Å². The summed E-state index contributed by atoms with van der Waals surface area (Å²) >= 11 is 0. The molecule has 0 bridgehead atoms. The fourth-order valence-electron chi connectivity index (χ4n) is 3.06. The summed E-state index contributed by atoms with van der Waals surface area (Å²) in [5.41, 5.74) is 3.23. The second-order valence-electron chi connectivity index (χ2n) is 6.45. The van der Waals surface area contributed by atoms with Crippen LogP contribution in [0.4, 0.5) is 4.39 Å². The van der Waals surface area contributed by atoms with E-state index in [1.165, 1.54) is 11.6 Å². The number of benzene rings is 2. The molecule has 2 aromatic carbocycles. The number of guanidine groups is 1. The number of nitrogens with zero attached hydrogens (tertiary/aromatic N) is 1. The molecule has 28 heavy (non-hydrogen) atoms. The molecule has 4 N–H and O–H groups in total. The molecule has 0 amide bonds. The van der Waals surface area contributed by atoms with Crippen molar-refractivity contribution in [3.63, 3.8) is 0 Å². The van der Waals surface area contributed by atoms with Gasteiger partial charge in [-0.15, -0.1) is 24.0 Å². The Hall–Kier alpha value is -2.29. The van der Waals surface area contributed by atoms with Crippen LogP contribution in [0.25, 0.3) is 10.9 Å². The summed E-state index contributed by atoms with van der Waals surface area (Å²) in [5, 5.41) is 16.8. The van der Waals surface area contributed by atoms with Gasteiger partial charge in [-0.1, -0.05) is 12.1 Å². The van der Waals surface area contributed by atoms with Crippen molar-refractivity contribution < 1.29 is 9.50 Å². The molecule has 0 unspecified atom stereocenters. The molecule has 0 aliphatic heterocycles. The fraction of sp³-hybridized carbons (Fsp3) is 0.286. The number of aromatic amines is 1. The third kappa shape index (κ3) is 6.12. The zero-order valence-corrected chi connectivity index (χ0v) is 18.2. The van der Waals surface area contributed by atoms with Gasteiger partial charge in [0, 0.05) is 37.2 Å². The molecule has 150 valence electrons. The van der Waals surface area contributed by atoms with Crippen LogP contribution < -0.4 is 10.6 Å². The molecular formula is C21H26FIN4O. The Bertz CT molecular complexity index is 908. The Kier molecular flexibility index (Phi) is 8.56. The van der Waals surface area contributed by atoms with Crippen LogP contribution in [-0.2, 0) is 12.8 Å². The molecule has 0 aliphatic rings. The highest BCUT2D eigenvalue weighted by molar-refractivity contribution is 14.0. The molecule has 0 saturated carbocycles. The number of hydrogen-bond donors (Lipinski definition) is 4. The number of aliphatic imine (C=N–C) groups is 1. The molecule has 3 rings (SSSR count). The van der Waals surface area contributed by atoms with Gasteiger partial charge in [0.05, 0.1) is 0 Å². The number of halogens is 2. The fourth-order valence-corrected chi connectivity index (χ4v) is 3.06. The Labute approximate surface area is 181 Å². The monoisotopic (exact) mass is 496 g/mol. The van der Waals surface area contributed by atoms with Gasteiger partial charge >= 0.3 is 0 Å². The Morgan fingerprint density at radius 1 is 1.07 bits per heavy atom. The number of phenolic OH excluding ortho intramolecular Hbond substituents is 1. The largest absolute Gasteiger partial charge is 0.508 e. The van der Waals surface area contributed by atoms with E-state index in [4.69, 9.17) is 0 Å². The smallest absolute Gasteiger partial charge is 0.190 e. The molecular weight excluding hydrogens is 470 g/mol. The molecule has 3 aromatic rings. The maximum Gasteiger partial charge on any atom is 0.190 e. The lowest BCUT2D eigenvalue weighted by Gasteiger charge is -2.11. The van der Waals surface area contributed by atoms with Crippen molar-refractivity contribution in [3.05, 3.63) is 65.6 Å². The van der Waals surface area contributed by atoms with E-state index in [0.29, 0.717) is 12.3 Å². The van der Waals surface area contributed by atoms with Crippen molar-refractivity contribution in [2.75, 3.05) is 20.1 Å². The normalized spacial score (nSPS) is 11.3. The average molecular weight is 496 g/mol. The van der Waals surface area contributed by atoms with Crippen LogP contribution in [0.2, 0.25) is 0 Å². The van der Waals surface area contributed by atoms with Gasteiger partial charge in [-0.05, 0) is 60.7 Å². The predicted octanol–water partition coefficient (Wildman–Crippen LogP) is 3.97. The predicted molar refractivity (Wildman–Crippen MR) is 123 cm³/mol. The Balaban J connectivity index is 0.00000280. The molecule has 0 spiro atoms. The molecule has 0 fully saturated rings. The first-order chi connectivity index (χ1) is 13.2. The van der Waals surface area contributed by atoms with Crippen molar-refractivity contribution >= 4 is 40.8 Å². The highest BCUT2D eigenvalue weighted by Crippen LogP contribution is 2.19. The zero-order chi connectivity index (χ0) is 19.1. The topological polar surface area (TPSA) is 72.4 Å². The summed E-state index contributed by atoms with van der Waals surface area (Å²) in [7, 11) is 1.75. The Morgan fingerprint density at radius 3 is 2.57 bits per heavy atom. The summed E-state index contributed by atoms with van der Waals surface area (Å²) in [6.45, 7) is 1.51. The summed E-state index contributed by atoms with van der Waals surface area (Å²) in [4.78, 5) is 7.41. The molecule has 0 radical (unpaired) electrons. The minimum atomic E-state index is -0.220. The average Bonchev–Trinajstić information content (AvgIpc) is 3.07. The third-order valence-corrected chi connectivity index (χ3v) is 4.51. The van der Waals surface area contributed by atoms with Gasteiger partial charge in [0.25, 0.3) is 0 Å². The second kappa shape index (κ2) is 10.9. The highest BCUT2D eigenvalue weighted by atomic mass is 127. The molecule has 1 aromatic heterocycles. The molecule has 1 heterocycles. The highest BCUT2D eigenvalue weighted by Gasteiger charge is 2.05. The number of H-pyrrole nitrogens is 1. The minimum absolute atomic E-state index is 0. The van der Waals surface area contributed by atoms with Crippen molar-refractivity contribution in [3.8, 4) is 5.75 Å². The van der Waals surface area contributed by atoms with Crippen LogP contribution in [0.3, 0.4) is 0 Å². The lowest BCUT2D eigenvalue weighted by Crippen LogP contribution is -2.38. The van der Waals surface area contributed by atoms with Crippen LogP contribution in [0, 0.1) is 5.82 Å². The van der Waals surface area contributed by atoms with Gasteiger partial charge in [0.15, 0.2) is 5.96 Å². The zero-order valence-electron chi connectivity index (χ0n) is 15.8. The summed E-state index contributed by atoms with van der Waals surface area (Å²) in [6, 6.07) is 12.1. The van der Waals surface area contributed by atoms with Gasteiger partial charge in [-0.2, -0.15) is 0 Å². The number of aromatic nitrogens is 1.